The summed E-state index contributed by atoms with van der Waals surface area (Å²) >= 11 is 0. The molecule has 94 heavy (non-hydrogen) atoms. The Morgan fingerprint density at radius 2 is 0.734 bits per heavy atom. The van der Waals surface area contributed by atoms with E-state index in [9.17, 15) is 35.1 Å². The van der Waals surface area contributed by atoms with Crippen molar-refractivity contribution in [2.24, 2.45) is 0 Å². The van der Waals surface area contributed by atoms with Crippen LogP contribution in [0.1, 0.15) is 380 Å². The third kappa shape index (κ3) is 56.0. The van der Waals surface area contributed by atoms with Crippen LogP contribution in [-0.2, 0) is 23.8 Å². The molecule has 11 nitrogen and oxygen atoms in total. The van der Waals surface area contributed by atoms with Crippen LogP contribution in [0.25, 0.3) is 0 Å². The van der Waals surface area contributed by atoms with Crippen LogP contribution in [0.5, 0.6) is 0 Å². The zero-order valence-corrected chi connectivity index (χ0v) is 61.3. The molecule has 0 aromatic rings. The van der Waals surface area contributed by atoms with Crippen molar-refractivity contribution >= 4 is 11.9 Å². The maximum Gasteiger partial charge on any atom is 0.306 e. The van der Waals surface area contributed by atoms with Crippen molar-refractivity contribution in [3.8, 4) is 0 Å². The molecule has 6 N–H and O–H groups in total. The Balaban J connectivity index is 2.49. The van der Waals surface area contributed by atoms with Crippen molar-refractivity contribution in [1.29, 1.82) is 0 Å². The van der Waals surface area contributed by atoms with Crippen LogP contribution in [0.4, 0.5) is 0 Å². The Morgan fingerprint density at radius 1 is 0.415 bits per heavy atom. The molecule has 1 amide bonds. The zero-order chi connectivity index (χ0) is 68.1. The summed E-state index contributed by atoms with van der Waals surface area (Å²) in [4.78, 5) is 26.8. The molecule has 1 rings (SSSR count). The van der Waals surface area contributed by atoms with Gasteiger partial charge in [0, 0.05) is 6.42 Å². The average Bonchev–Trinajstić information content (AvgIpc) is 0.828. The molecule has 0 aliphatic carbocycles. The van der Waals surface area contributed by atoms with Crippen LogP contribution in [-0.4, -0.2) is 99.6 Å². The molecule has 8 atom stereocenters. The largest absolute Gasteiger partial charge is 0.454 e. The molecule has 1 aliphatic rings. The Kier molecular flexibility index (Phi) is 66.3. The molecule has 8 unspecified atom stereocenters. The first-order valence-corrected chi connectivity index (χ1v) is 40.2. The summed E-state index contributed by atoms with van der Waals surface area (Å²) in [5.41, 5.74) is 0. The average molecular weight is 1320 g/mol. The summed E-state index contributed by atoms with van der Waals surface area (Å²) in [5.74, 6) is -1.18. The predicted octanol–water partition coefficient (Wildman–Crippen LogP) is 21.8. The summed E-state index contributed by atoms with van der Waals surface area (Å²) in [5, 5.41) is 57.4. The van der Waals surface area contributed by atoms with Gasteiger partial charge in [0.05, 0.1) is 25.4 Å². The lowest BCUT2D eigenvalue weighted by Gasteiger charge is -2.41. The van der Waals surface area contributed by atoms with E-state index < -0.39 is 67.4 Å². The minimum Gasteiger partial charge on any atom is -0.454 e. The van der Waals surface area contributed by atoms with Crippen molar-refractivity contribution in [2.75, 3.05) is 13.2 Å². The third-order valence-electron chi connectivity index (χ3n) is 18.8. The van der Waals surface area contributed by atoms with E-state index in [0.29, 0.717) is 12.8 Å². The molecule has 0 aromatic heterocycles. The number of hydrogen-bond donors (Lipinski definition) is 6. The van der Waals surface area contributed by atoms with Gasteiger partial charge in [0.25, 0.3) is 0 Å². The molecule has 0 saturated carbocycles. The number of hydrogen-bond acceptors (Lipinski definition) is 10. The van der Waals surface area contributed by atoms with Crippen molar-refractivity contribution in [3.05, 3.63) is 72.9 Å². The van der Waals surface area contributed by atoms with E-state index in [1.807, 2.05) is 6.08 Å². The summed E-state index contributed by atoms with van der Waals surface area (Å²) in [6.07, 6.45) is 82.4. The minimum atomic E-state index is -1.62. The van der Waals surface area contributed by atoms with Gasteiger partial charge in [-0.1, -0.05) is 351 Å². The number of carbonyl (C=O) groups excluding carboxylic acids is 2. The van der Waals surface area contributed by atoms with E-state index in [1.165, 1.54) is 250 Å². The first-order valence-electron chi connectivity index (χ1n) is 40.2. The fourth-order valence-corrected chi connectivity index (χ4v) is 12.5. The van der Waals surface area contributed by atoms with E-state index >= 15 is 0 Å². The number of aliphatic hydroxyl groups is 5. The molecule has 11 heteroatoms. The number of ether oxygens (including phenoxy) is 3. The van der Waals surface area contributed by atoms with Crippen molar-refractivity contribution in [3.63, 3.8) is 0 Å². The van der Waals surface area contributed by atoms with Gasteiger partial charge < -0.3 is 45.1 Å². The quantitative estimate of drug-likeness (QED) is 0.0195. The highest BCUT2D eigenvalue weighted by molar-refractivity contribution is 5.80. The van der Waals surface area contributed by atoms with Crippen molar-refractivity contribution in [1.82, 2.24) is 5.32 Å². The van der Waals surface area contributed by atoms with E-state index in [4.69, 9.17) is 14.2 Å². The van der Waals surface area contributed by atoms with Gasteiger partial charge in [0.1, 0.15) is 24.4 Å². The number of carbonyl (C=O) groups is 2. The smallest absolute Gasteiger partial charge is 0.306 e. The van der Waals surface area contributed by atoms with E-state index in [-0.39, 0.29) is 19.4 Å². The molecule has 548 valence electrons. The molecule has 0 bridgehead atoms. The molecule has 1 aliphatic heterocycles. The molecule has 0 aromatic carbocycles. The first-order chi connectivity index (χ1) is 46.2. The molecule has 0 radical (unpaired) electrons. The maximum atomic E-state index is 13.5. The standard InChI is InChI=1S/C83H151NO10/c1-4-7-10-13-16-19-22-25-27-29-31-33-35-37-39-41-43-45-47-49-51-53-56-59-62-65-68-71-78(88)94-81-80(90)79(89)77(72-85)93-83(81)92-73-74(75(86)69-66-63-60-57-54-24-21-18-15-12-9-6-3)84-82(91)76(87)70-67-64-61-58-55-52-50-48-46-44-42-40-38-36-34-32-30-28-26-23-20-17-14-11-8-5-2/h17,20,25-28,32,34,38,40,66,69,74-77,79-81,83,85-87,89-90H,4-16,18-19,21-24,29-31,33,35-37,39,41-65,67-68,70-73H2,1-3H3,(H,84,91)/b20-17-,27-25+,28-26-,34-32-,40-38-,69-66+. The molecule has 1 heterocycles. The van der Waals surface area contributed by atoms with E-state index in [0.717, 1.165) is 83.5 Å². The summed E-state index contributed by atoms with van der Waals surface area (Å²) < 4.78 is 17.8. The molecule has 1 saturated heterocycles. The van der Waals surface area contributed by atoms with E-state index in [1.54, 1.807) is 6.08 Å². The van der Waals surface area contributed by atoms with Gasteiger partial charge in [0.2, 0.25) is 5.91 Å². The predicted molar refractivity (Wildman–Crippen MR) is 398 cm³/mol. The third-order valence-corrected chi connectivity index (χ3v) is 18.8. The second kappa shape index (κ2) is 70.0. The highest BCUT2D eigenvalue weighted by Gasteiger charge is 2.47. The zero-order valence-electron chi connectivity index (χ0n) is 61.3. The Morgan fingerprint density at radius 3 is 1.13 bits per heavy atom. The maximum absolute atomic E-state index is 13.5. The van der Waals surface area contributed by atoms with Gasteiger partial charge in [-0.05, 0) is 96.3 Å². The second-order valence-electron chi connectivity index (χ2n) is 27.8. The van der Waals surface area contributed by atoms with Gasteiger partial charge in [-0.25, -0.2) is 0 Å². The van der Waals surface area contributed by atoms with Crippen LogP contribution < -0.4 is 5.32 Å². The first kappa shape index (κ1) is 89.1. The number of allylic oxidation sites excluding steroid dienone is 11. The highest BCUT2D eigenvalue weighted by Crippen LogP contribution is 2.27. The molecular formula is C83H151NO10. The van der Waals surface area contributed by atoms with Crippen LogP contribution >= 0.6 is 0 Å². The fourth-order valence-electron chi connectivity index (χ4n) is 12.5. The van der Waals surface area contributed by atoms with E-state index in [2.05, 4.69) is 86.8 Å². The van der Waals surface area contributed by atoms with Crippen LogP contribution in [0, 0.1) is 0 Å². The number of aliphatic hydroxyl groups excluding tert-OH is 5. The molecule has 1 fully saturated rings. The Labute approximate surface area is 579 Å². The van der Waals surface area contributed by atoms with Crippen LogP contribution in [0.3, 0.4) is 0 Å². The van der Waals surface area contributed by atoms with Gasteiger partial charge in [0.15, 0.2) is 12.4 Å². The Hall–Kier alpha value is -2.90. The number of esters is 1. The molecular weight excluding hydrogens is 1170 g/mol. The normalized spacial score (nSPS) is 18.1. The number of unbranched alkanes of at least 4 members (excludes halogenated alkanes) is 46. The lowest BCUT2D eigenvalue weighted by Crippen LogP contribution is -2.61. The molecule has 0 spiro atoms. The lowest BCUT2D eigenvalue weighted by molar-refractivity contribution is -0.305. The summed E-state index contributed by atoms with van der Waals surface area (Å²) in [7, 11) is 0. The van der Waals surface area contributed by atoms with Crippen molar-refractivity contribution < 1.29 is 49.3 Å². The van der Waals surface area contributed by atoms with Gasteiger partial charge in [-0.3, -0.25) is 9.59 Å². The highest BCUT2D eigenvalue weighted by atomic mass is 16.7. The second-order valence-corrected chi connectivity index (χ2v) is 27.8. The summed E-state index contributed by atoms with van der Waals surface area (Å²) in [6.45, 7) is 5.81. The monoisotopic (exact) mass is 1320 g/mol. The lowest BCUT2D eigenvalue weighted by atomic mass is 9.99. The number of rotatable bonds is 70. The fraction of sp³-hybridized carbons (Fsp3) is 0.831. The van der Waals surface area contributed by atoms with Gasteiger partial charge in [-0.15, -0.1) is 0 Å². The van der Waals surface area contributed by atoms with Gasteiger partial charge in [-0.2, -0.15) is 0 Å². The summed E-state index contributed by atoms with van der Waals surface area (Å²) in [6, 6.07) is -1.03. The minimum absolute atomic E-state index is 0.125. The van der Waals surface area contributed by atoms with Crippen molar-refractivity contribution in [2.45, 2.75) is 429 Å². The number of nitrogens with one attached hydrogen (secondary N) is 1. The van der Waals surface area contributed by atoms with Gasteiger partial charge >= 0.3 is 5.97 Å². The topological polar surface area (TPSA) is 175 Å². The van der Waals surface area contributed by atoms with Crippen LogP contribution in [0.2, 0.25) is 0 Å². The Bertz CT molecular complexity index is 1810. The van der Waals surface area contributed by atoms with Crippen LogP contribution in [0.15, 0.2) is 72.9 Å². The SMILES string of the molecule is CCCCC/C=C\C/C=C\C/C=C\C/C=C\CCCCCCCCCCCCC(O)C(=O)NC(COC1OC(CO)C(O)C(O)C1OC(=O)CCCCCCCCCCCCCCCCCCC/C=C/CCCCCCCC)C(O)/C=C/CCCCCCCCCCCC. The number of amides is 1.